The fourth-order valence-electron chi connectivity index (χ4n) is 1.82. The summed E-state index contributed by atoms with van der Waals surface area (Å²) in [6.45, 7) is 2.03. The molecule has 0 aliphatic carbocycles. The number of hydrogen-bond acceptors (Lipinski definition) is 2. The van der Waals surface area contributed by atoms with Gasteiger partial charge >= 0.3 is 0 Å². The SMILES string of the molecule is Cc1cccc2cnc(-c3ccc(Cl)o3)n12. The Balaban J connectivity index is 2.32. The molecule has 3 heterocycles. The molecule has 0 saturated heterocycles. The molecule has 0 amide bonds. The molecule has 0 fully saturated rings. The molecule has 3 nitrogen and oxygen atoms in total. The summed E-state index contributed by atoms with van der Waals surface area (Å²) in [4.78, 5) is 4.35. The van der Waals surface area contributed by atoms with E-state index in [-0.39, 0.29) is 0 Å². The molecule has 80 valence electrons. The highest BCUT2D eigenvalue weighted by atomic mass is 35.5. The van der Waals surface area contributed by atoms with Gasteiger partial charge in [0.2, 0.25) is 0 Å². The molecule has 0 spiro atoms. The Morgan fingerprint density at radius 2 is 2.12 bits per heavy atom. The highest BCUT2D eigenvalue weighted by molar-refractivity contribution is 6.28. The first-order chi connectivity index (χ1) is 7.75. The van der Waals surface area contributed by atoms with Crippen molar-refractivity contribution in [1.29, 1.82) is 0 Å². The van der Waals surface area contributed by atoms with Crippen molar-refractivity contribution in [2.24, 2.45) is 0 Å². The van der Waals surface area contributed by atoms with E-state index in [1.54, 1.807) is 6.07 Å². The summed E-state index contributed by atoms with van der Waals surface area (Å²) >= 11 is 5.76. The Morgan fingerprint density at radius 3 is 2.88 bits per heavy atom. The van der Waals surface area contributed by atoms with Crippen molar-refractivity contribution in [3.8, 4) is 11.6 Å². The van der Waals surface area contributed by atoms with Crippen LogP contribution in [0.15, 0.2) is 40.9 Å². The van der Waals surface area contributed by atoms with Crippen molar-refractivity contribution < 1.29 is 4.42 Å². The Labute approximate surface area is 97.3 Å². The third-order valence-electron chi connectivity index (χ3n) is 2.54. The Bertz CT molecular complexity index is 654. The van der Waals surface area contributed by atoms with Gasteiger partial charge in [0.25, 0.3) is 0 Å². The minimum Gasteiger partial charge on any atom is -0.441 e. The second kappa shape index (κ2) is 3.39. The minimum absolute atomic E-state index is 0.375. The lowest BCUT2D eigenvalue weighted by Crippen LogP contribution is -1.92. The predicted octanol–water partition coefficient (Wildman–Crippen LogP) is 3.56. The lowest BCUT2D eigenvalue weighted by Gasteiger charge is -2.02. The lowest BCUT2D eigenvalue weighted by molar-refractivity contribution is 0.578. The number of furan rings is 1. The topological polar surface area (TPSA) is 30.4 Å². The Morgan fingerprint density at radius 1 is 1.25 bits per heavy atom. The van der Waals surface area contributed by atoms with Crippen LogP contribution in [0.1, 0.15) is 5.69 Å². The van der Waals surface area contributed by atoms with Crippen LogP contribution in [0.3, 0.4) is 0 Å². The fourth-order valence-corrected chi connectivity index (χ4v) is 1.97. The zero-order valence-corrected chi connectivity index (χ0v) is 9.40. The molecule has 4 heteroatoms. The monoisotopic (exact) mass is 232 g/mol. The average molecular weight is 233 g/mol. The molecule has 3 rings (SSSR count). The maximum Gasteiger partial charge on any atom is 0.194 e. The second-order valence-electron chi connectivity index (χ2n) is 3.61. The van der Waals surface area contributed by atoms with Crippen LogP contribution in [-0.2, 0) is 0 Å². The summed E-state index contributed by atoms with van der Waals surface area (Å²) in [7, 11) is 0. The molecule has 0 aromatic carbocycles. The van der Waals surface area contributed by atoms with Crippen molar-refractivity contribution >= 4 is 17.1 Å². The molecule has 0 atom stereocenters. The summed E-state index contributed by atoms with van der Waals surface area (Å²) in [5, 5.41) is 0.375. The van der Waals surface area contributed by atoms with Crippen molar-refractivity contribution in [3.05, 3.63) is 47.4 Å². The quantitative estimate of drug-likeness (QED) is 0.642. The summed E-state index contributed by atoms with van der Waals surface area (Å²) in [5.74, 6) is 1.46. The molecule has 0 aliphatic heterocycles. The molecule has 0 N–H and O–H groups in total. The van der Waals surface area contributed by atoms with E-state index in [4.69, 9.17) is 16.0 Å². The summed E-state index contributed by atoms with van der Waals surface area (Å²) < 4.78 is 7.41. The van der Waals surface area contributed by atoms with Gasteiger partial charge in [0.05, 0.1) is 11.7 Å². The van der Waals surface area contributed by atoms with Crippen LogP contribution in [-0.4, -0.2) is 9.38 Å². The molecule has 0 saturated carbocycles. The van der Waals surface area contributed by atoms with E-state index >= 15 is 0 Å². The normalized spacial score (nSPS) is 11.1. The predicted molar refractivity (Wildman–Crippen MR) is 62.6 cm³/mol. The van der Waals surface area contributed by atoms with Crippen molar-refractivity contribution in [2.45, 2.75) is 6.92 Å². The van der Waals surface area contributed by atoms with Gasteiger partial charge in [-0.2, -0.15) is 0 Å². The summed E-state index contributed by atoms with van der Waals surface area (Å²) in [6.07, 6.45) is 1.82. The number of fused-ring (bicyclic) bond motifs is 1. The number of aromatic nitrogens is 2. The van der Waals surface area contributed by atoms with Crippen LogP contribution in [0.2, 0.25) is 5.22 Å². The minimum atomic E-state index is 0.375. The van der Waals surface area contributed by atoms with Gasteiger partial charge in [0, 0.05) is 5.69 Å². The van der Waals surface area contributed by atoms with Crippen molar-refractivity contribution in [2.75, 3.05) is 0 Å². The summed E-state index contributed by atoms with van der Waals surface area (Å²) in [5.41, 5.74) is 2.15. The molecule has 3 aromatic rings. The smallest absolute Gasteiger partial charge is 0.194 e. The Hall–Kier alpha value is -1.74. The largest absolute Gasteiger partial charge is 0.441 e. The van der Waals surface area contributed by atoms with Crippen molar-refractivity contribution in [3.63, 3.8) is 0 Å². The Kier molecular flexibility index (Phi) is 2.01. The van der Waals surface area contributed by atoms with Gasteiger partial charge in [-0.15, -0.1) is 0 Å². The molecule has 16 heavy (non-hydrogen) atoms. The van der Waals surface area contributed by atoms with E-state index in [1.165, 1.54) is 0 Å². The van der Waals surface area contributed by atoms with E-state index in [0.29, 0.717) is 11.0 Å². The second-order valence-corrected chi connectivity index (χ2v) is 3.99. The first-order valence-corrected chi connectivity index (χ1v) is 5.32. The fraction of sp³-hybridized carbons (Fsp3) is 0.0833. The molecule has 0 aliphatic rings. The van der Waals surface area contributed by atoms with E-state index in [2.05, 4.69) is 4.98 Å². The van der Waals surface area contributed by atoms with Crippen LogP contribution in [0.5, 0.6) is 0 Å². The average Bonchev–Trinajstić information content (AvgIpc) is 2.84. The van der Waals surface area contributed by atoms with Gasteiger partial charge < -0.3 is 4.42 Å². The molecule has 0 radical (unpaired) electrons. The van der Waals surface area contributed by atoms with Gasteiger partial charge in [-0.3, -0.25) is 4.40 Å². The number of hydrogen-bond donors (Lipinski definition) is 0. The van der Waals surface area contributed by atoms with Crippen molar-refractivity contribution in [1.82, 2.24) is 9.38 Å². The van der Waals surface area contributed by atoms with E-state index < -0.39 is 0 Å². The lowest BCUT2D eigenvalue weighted by atomic mass is 10.3. The highest BCUT2D eigenvalue weighted by Crippen LogP contribution is 2.25. The number of halogens is 1. The van der Waals surface area contributed by atoms with Crippen LogP contribution >= 0.6 is 11.6 Å². The van der Waals surface area contributed by atoms with Gasteiger partial charge in [-0.1, -0.05) is 6.07 Å². The molecule has 3 aromatic heterocycles. The molecular formula is C12H9ClN2O. The third kappa shape index (κ3) is 1.32. The number of imidazole rings is 1. The maximum atomic E-state index is 5.76. The number of rotatable bonds is 1. The van der Waals surface area contributed by atoms with Crippen LogP contribution in [0.25, 0.3) is 17.1 Å². The van der Waals surface area contributed by atoms with Crippen LogP contribution in [0.4, 0.5) is 0 Å². The van der Waals surface area contributed by atoms with Crippen LogP contribution in [0, 0.1) is 6.92 Å². The maximum absolute atomic E-state index is 5.76. The van der Waals surface area contributed by atoms with Gasteiger partial charge in [0.1, 0.15) is 0 Å². The molecular weight excluding hydrogens is 224 g/mol. The van der Waals surface area contributed by atoms with E-state index in [9.17, 15) is 0 Å². The zero-order chi connectivity index (χ0) is 11.1. The van der Waals surface area contributed by atoms with E-state index in [0.717, 1.165) is 17.0 Å². The summed E-state index contributed by atoms with van der Waals surface area (Å²) in [6, 6.07) is 9.59. The zero-order valence-electron chi connectivity index (χ0n) is 8.64. The number of aryl methyl sites for hydroxylation is 1. The molecule has 0 bridgehead atoms. The third-order valence-corrected chi connectivity index (χ3v) is 2.74. The number of nitrogens with zero attached hydrogens (tertiary/aromatic N) is 2. The van der Waals surface area contributed by atoms with Gasteiger partial charge in [-0.25, -0.2) is 4.98 Å². The van der Waals surface area contributed by atoms with Gasteiger partial charge in [0.15, 0.2) is 16.8 Å². The van der Waals surface area contributed by atoms with E-state index in [1.807, 2.05) is 41.8 Å². The van der Waals surface area contributed by atoms with Crippen LogP contribution < -0.4 is 0 Å². The standard InChI is InChI=1S/C12H9ClN2O/c1-8-3-2-4-9-7-14-12(15(8)9)10-5-6-11(13)16-10/h2-7H,1H3. The highest BCUT2D eigenvalue weighted by Gasteiger charge is 2.11. The first-order valence-electron chi connectivity index (χ1n) is 4.94. The van der Waals surface area contributed by atoms with Gasteiger partial charge in [-0.05, 0) is 42.8 Å². The number of pyridine rings is 1. The first kappa shape index (κ1) is 9.48. The molecule has 0 unspecified atom stereocenters.